The number of pyridine rings is 2. The molecule has 0 atom stereocenters. The first kappa shape index (κ1) is 18.8. The Bertz CT molecular complexity index is 1130. The van der Waals surface area contributed by atoms with E-state index in [2.05, 4.69) is 28.1 Å². The van der Waals surface area contributed by atoms with E-state index in [1.807, 2.05) is 30.6 Å². The first-order valence-corrected chi connectivity index (χ1v) is 10.4. The lowest BCUT2D eigenvalue weighted by molar-refractivity contribution is 0.161. The summed E-state index contributed by atoms with van der Waals surface area (Å²) in [7, 11) is 0. The molecule has 1 fully saturated rings. The lowest BCUT2D eigenvalue weighted by Gasteiger charge is -2.31. The van der Waals surface area contributed by atoms with Gasteiger partial charge in [0.05, 0.1) is 18.7 Å². The maximum Gasteiger partial charge on any atom is 0.128 e. The van der Waals surface area contributed by atoms with Gasteiger partial charge in [-0.2, -0.15) is 10.4 Å². The number of nitriles is 1. The predicted octanol–water partition coefficient (Wildman–Crippen LogP) is 3.00. The number of hydrogen-bond donors (Lipinski definition) is 1. The molecule has 0 unspecified atom stereocenters. The van der Waals surface area contributed by atoms with Crippen LogP contribution in [0.15, 0.2) is 42.7 Å². The normalized spacial score (nSPS) is 17.7. The van der Waals surface area contributed by atoms with Gasteiger partial charge in [0.1, 0.15) is 23.1 Å². The molecule has 0 aromatic carbocycles. The third-order valence-electron chi connectivity index (χ3n) is 5.96. The smallest absolute Gasteiger partial charge is 0.128 e. The lowest BCUT2D eigenvalue weighted by Crippen LogP contribution is -2.40. The minimum atomic E-state index is 0.290. The molecule has 0 saturated carbocycles. The van der Waals surface area contributed by atoms with Crippen LogP contribution in [-0.4, -0.2) is 46.9 Å². The van der Waals surface area contributed by atoms with E-state index in [1.165, 1.54) is 5.57 Å². The number of rotatable bonds is 3. The van der Waals surface area contributed by atoms with Gasteiger partial charge in [-0.1, -0.05) is 12.1 Å². The number of nitrogens with zero attached hydrogens (tertiary/aromatic N) is 5. The quantitative estimate of drug-likeness (QED) is 0.727. The zero-order valence-corrected chi connectivity index (χ0v) is 16.8. The second-order valence-electron chi connectivity index (χ2n) is 7.87. The molecule has 3 aromatic heterocycles. The minimum Gasteiger partial charge on any atom is -0.377 e. The molecule has 2 N–H and O–H groups in total. The molecule has 30 heavy (non-hydrogen) atoms. The molecule has 0 aliphatic carbocycles. The van der Waals surface area contributed by atoms with Gasteiger partial charge in [-0.3, -0.25) is 0 Å². The van der Waals surface area contributed by atoms with E-state index >= 15 is 0 Å². The van der Waals surface area contributed by atoms with Crippen LogP contribution in [0.1, 0.15) is 30.4 Å². The monoisotopic (exact) mass is 400 g/mol. The fourth-order valence-electron chi connectivity index (χ4n) is 4.18. The van der Waals surface area contributed by atoms with E-state index in [9.17, 15) is 5.26 Å². The fourth-order valence-corrected chi connectivity index (χ4v) is 4.18. The molecule has 152 valence electrons. The van der Waals surface area contributed by atoms with E-state index in [-0.39, 0.29) is 0 Å². The van der Waals surface area contributed by atoms with Crippen molar-refractivity contribution >= 4 is 16.9 Å². The summed E-state index contributed by atoms with van der Waals surface area (Å²) in [6.07, 6.45) is 8.77. The van der Waals surface area contributed by atoms with Gasteiger partial charge >= 0.3 is 0 Å². The van der Waals surface area contributed by atoms with Gasteiger partial charge in [-0.05, 0) is 48.6 Å². The van der Waals surface area contributed by atoms with Crippen LogP contribution < -0.4 is 10.6 Å². The highest BCUT2D eigenvalue weighted by atomic mass is 16.5. The topological polar surface area (TPSA) is 92.5 Å². The summed E-state index contributed by atoms with van der Waals surface area (Å²) in [5.41, 5.74) is 11.3. The van der Waals surface area contributed by atoms with E-state index in [1.54, 1.807) is 4.52 Å². The Balaban J connectivity index is 1.47. The molecule has 0 bridgehead atoms. The van der Waals surface area contributed by atoms with Crippen LogP contribution in [0.3, 0.4) is 0 Å². The third kappa shape index (κ3) is 3.45. The number of hydrogen-bond acceptors (Lipinski definition) is 6. The molecule has 5 heterocycles. The number of nitrogens with two attached hydrogens (primary N) is 1. The summed E-state index contributed by atoms with van der Waals surface area (Å²) in [6.45, 7) is 3.23. The highest BCUT2D eigenvalue weighted by Gasteiger charge is 2.19. The van der Waals surface area contributed by atoms with Crippen molar-refractivity contribution in [3.05, 3.63) is 53.9 Å². The summed E-state index contributed by atoms with van der Waals surface area (Å²) in [6, 6.07) is 10.7. The summed E-state index contributed by atoms with van der Waals surface area (Å²) in [4.78, 5) is 6.90. The Morgan fingerprint density at radius 2 is 1.97 bits per heavy atom. The maximum atomic E-state index is 9.80. The zero-order chi connectivity index (χ0) is 20.5. The molecular formula is C23H24N6O. The lowest BCUT2D eigenvalue weighted by atomic mass is 10.0. The first-order valence-electron chi connectivity index (χ1n) is 10.4. The van der Waals surface area contributed by atoms with Gasteiger partial charge < -0.3 is 15.4 Å². The van der Waals surface area contributed by atoms with E-state index in [4.69, 9.17) is 15.6 Å². The minimum absolute atomic E-state index is 0.290. The average Bonchev–Trinajstić information content (AvgIpc) is 3.18. The highest BCUT2D eigenvalue weighted by Crippen LogP contribution is 2.29. The molecule has 2 aliphatic heterocycles. The van der Waals surface area contributed by atoms with Gasteiger partial charge in [0, 0.05) is 37.1 Å². The second-order valence-corrected chi connectivity index (χ2v) is 7.87. The molecule has 0 spiro atoms. The first-order chi connectivity index (χ1) is 14.7. The summed E-state index contributed by atoms with van der Waals surface area (Å²) in [5, 5.41) is 14.5. The van der Waals surface area contributed by atoms with Crippen LogP contribution in [0, 0.1) is 11.3 Å². The standard InChI is InChI=1S/C23H24N6O/c24-13-20-21-3-1-18(16-7-11-30-12-8-16)15-29(21)27-23(20)17-2-4-22(26-14-17)28-9-5-19(25)6-10-28/h1-4,7,14-15,19H,5-6,8-12,25H2. The number of ether oxygens (including phenoxy) is 1. The highest BCUT2D eigenvalue weighted by molar-refractivity contribution is 5.78. The average molecular weight is 400 g/mol. The van der Waals surface area contributed by atoms with Gasteiger partial charge in [0.15, 0.2) is 0 Å². The molecule has 2 aliphatic rings. The third-order valence-corrected chi connectivity index (χ3v) is 5.96. The molecule has 5 rings (SSSR count). The molecule has 3 aromatic rings. The molecule has 0 amide bonds. The van der Waals surface area contributed by atoms with Crippen molar-refractivity contribution in [2.24, 2.45) is 5.73 Å². The van der Waals surface area contributed by atoms with Crippen molar-refractivity contribution < 1.29 is 4.74 Å². The Labute approximate surface area is 175 Å². The fraction of sp³-hybridized carbons (Fsp3) is 0.348. The number of piperidine rings is 1. The van der Waals surface area contributed by atoms with Crippen LogP contribution >= 0.6 is 0 Å². The van der Waals surface area contributed by atoms with Crippen molar-refractivity contribution in [3.63, 3.8) is 0 Å². The van der Waals surface area contributed by atoms with Crippen LogP contribution in [0.5, 0.6) is 0 Å². The molecule has 0 radical (unpaired) electrons. The van der Waals surface area contributed by atoms with E-state index in [0.29, 0.717) is 23.9 Å². The summed E-state index contributed by atoms with van der Waals surface area (Å²) in [5.74, 6) is 0.946. The van der Waals surface area contributed by atoms with Crippen molar-refractivity contribution in [2.45, 2.75) is 25.3 Å². The van der Waals surface area contributed by atoms with Gasteiger partial charge in [-0.15, -0.1) is 0 Å². The van der Waals surface area contributed by atoms with Crippen LogP contribution in [-0.2, 0) is 4.74 Å². The SMILES string of the molecule is N#Cc1c(-c2ccc(N3CCC(N)CC3)nc2)nn2cc(C3=CCOCC3)ccc12. The summed E-state index contributed by atoms with van der Waals surface area (Å²) < 4.78 is 7.21. The Kier molecular flexibility index (Phi) is 4.95. The van der Waals surface area contributed by atoms with E-state index in [0.717, 1.165) is 61.4 Å². The van der Waals surface area contributed by atoms with Crippen LogP contribution in [0.4, 0.5) is 5.82 Å². The van der Waals surface area contributed by atoms with Crippen molar-refractivity contribution in [1.29, 1.82) is 5.26 Å². The predicted molar refractivity (Wildman–Crippen MR) is 116 cm³/mol. The van der Waals surface area contributed by atoms with Crippen molar-refractivity contribution in [3.8, 4) is 17.3 Å². The maximum absolute atomic E-state index is 9.80. The number of aromatic nitrogens is 3. The number of anilines is 1. The van der Waals surface area contributed by atoms with Gasteiger partial charge in [0.2, 0.25) is 0 Å². The van der Waals surface area contributed by atoms with Crippen LogP contribution in [0.2, 0.25) is 0 Å². The molecule has 1 saturated heterocycles. The largest absolute Gasteiger partial charge is 0.377 e. The van der Waals surface area contributed by atoms with Crippen LogP contribution in [0.25, 0.3) is 22.3 Å². The molecule has 7 nitrogen and oxygen atoms in total. The Morgan fingerprint density at radius 1 is 1.13 bits per heavy atom. The molecular weight excluding hydrogens is 376 g/mol. The zero-order valence-electron chi connectivity index (χ0n) is 16.8. The van der Waals surface area contributed by atoms with Gasteiger partial charge in [-0.25, -0.2) is 9.50 Å². The summed E-state index contributed by atoms with van der Waals surface area (Å²) >= 11 is 0. The van der Waals surface area contributed by atoms with Crippen molar-refractivity contribution in [1.82, 2.24) is 14.6 Å². The number of fused-ring (bicyclic) bond motifs is 1. The second kappa shape index (κ2) is 7.90. The molecule has 7 heteroatoms. The van der Waals surface area contributed by atoms with Crippen molar-refractivity contribution in [2.75, 3.05) is 31.2 Å². The Hall–Kier alpha value is -3.21. The van der Waals surface area contributed by atoms with E-state index < -0.39 is 0 Å². The Morgan fingerprint density at radius 3 is 2.67 bits per heavy atom. The van der Waals surface area contributed by atoms with Gasteiger partial charge in [0.25, 0.3) is 0 Å².